The third-order valence-corrected chi connectivity index (χ3v) is 5.43. The Kier molecular flexibility index (Phi) is 4.83. The maximum Gasteiger partial charge on any atom is 0.323 e. The van der Waals surface area contributed by atoms with Gasteiger partial charge in [-0.1, -0.05) is 35.4 Å². The van der Waals surface area contributed by atoms with Crippen molar-refractivity contribution in [3.63, 3.8) is 0 Å². The van der Waals surface area contributed by atoms with Crippen molar-refractivity contribution in [3.05, 3.63) is 64.2 Å². The highest BCUT2D eigenvalue weighted by Gasteiger charge is 2.31. The fourth-order valence-corrected chi connectivity index (χ4v) is 4.24. The van der Waals surface area contributed by atoms with Crippen LogP contribution >= 0.6 is 23.4 Å². The van der Waals surface area contributed by atoms with E-state index in [4.69, 9.17) is 11.6 Å². The standard InChI is InChI=1S/C18H19ClN2OS/c1-12-3-8-16(13(2)11-12)17-21(9-10-23-17)18(22)20-15-6-4-14(19)5-7-15/h3-8,11,17H,9-10H2,1-2H3,(H,20,22)/t17-/m1/s1. The highest BCUT2D eigenvalue weighted by Crippen LogP contribution is 2.39. The summed E-state index contributed by atoms with van der Waals surface area (Å²) in [5.74, 6) is 0.950. The van der Waals surface area contributed by atoms with E-state index in [0.29, 0.717) is 5.02 Å². The highest BCUT2D eigenvalue weighted by atomic mass is 35.5. The van der Waals surface area contributed by atoms with Gasteiger partial charge in [-0.3, -0.25) is 0 Å². The lowest BCUT2D eigenvalue weighted by Crippen LogP contribution is -2.34. The van der Waals surface area contributed by atoms with E-state index in [-0.39, 0.29) is 11.4 Å². The summed E-state index contributed by atoms with van der Waals surface area (Å²) in [5, 5.41) is 3.69. The largest absolute Gasteiger partial charge is 0.323 e. The summed E-state index contributed by atoms with van der Waals surface area (Å²) in [7, 11) is 0. The van der Waals surface area contributed by atoms with Gasteiger partial charge in [-0.05, 0) is 49.2 Å². The second-order valence-electron chi connectivity index (χ2n) is 5.71. The van der Waals surface area contributed by atoms with Gasteiger partial charge in [0, 0.05) is 23.0 Å². The van der Waals surface area contributed by atoms with Crippen molar-refractivity contribution in [2.45, 2.75) is 19.2 Å². The second-order valence-corrected chi connectivity index (χ2v) is 7.34. The number of rotatable bonds is 2. The summed E-state index contributed by atoms with van der Waals surface area (Å²) >= 11 is 7.69. The number of anilines is 1. The Bertz CT molecular complexity index is 717. The van der Waals surface area contributed by atoms with Gasteiger partial charge in [-0.15, -0.1) is 11.8 Å². The molecule has 1 aliphatic heterocycles. The van der Waals surface area contributed by atoms with Crippen molar-refractivity contribution in [2.75, 3.05) is 17.6 Å². The Morgan fingerprint density at radius 3 is 2.65 bits per heavy atom. The normalized spacial score (nSPS) is 17.3. The molecule has 5 heteroatoms. The van der Waals surface area contributed by atoms with Crippen LogP contribution in [-0.2, 0) is 0 Å². The molecule has 0 aromatic heterocycles. The average Bonchev–Trinajstić information content (AvgIpc) is 2.99. The molecular formula is C18H19ClN2OS. The van der Waals surface area contributed by atoms with Gasteiger partial charge in [0.1, 0.15) is 5.37 Å². The first kappa shape index (κ1) is 16.2. The summed E-state index contributed by atoms with van der Waals surface area (Å²) in [6.07, 6.45) is 0. The molecule has 3 nitrogen and oxygen atoms in total. The van der Waals surface area contributed by atoms with Crippen molar-refractivity contribution in [3.8, 4) is 0 Å². The molecule has 0 aliphatic carbocycles. The predicted molar refractivity (Wildman–Crippen MR) is 98.3 cm³/mol. The first-order valence-electron chi connectivity index (χ1n) is 7.56. The average molecular weight is 347 g/mol. The van der Waals surface area contributed by atoms with Gasteiger partial charge in [0.15, 0.2) is 0 Å². The monoisotopic (exact) mass is 346 g/mol. The SMILES string of the molecule is Cc1ccc([C@H]2SCCN2C(=O)Nc2ccc(Cl)cc2)c(C)c1. The molecule has 1 aliphatic rings. The van der Waals surface area contributed by atoms with Gasteiger partial charge < -0.3 is 10.2 Å². The summed E-state index contributed by atoms with van der Waals surface area (Å²) < 4.78 is 0. The molecule has 2 aromatic rings. The number of amides is 2. The van der Waals surface area contributed by atoms with Gasteiger partial charge >= 0.3 is 6.03 Å². The Morgan fingerprint density at radius 2 is 1.96 bits per heavy atom. The minimum absolute atomic E-state index is 0.0673. The first-order chi connectivity index (χ1) is 11.0. The van der Waals surface area contributed by atoms with E-state index < -0.39 is 0 Å². The molecule has 2 aromatic carbocycles. The number of aryl methyl sites for hydroxylation is 2. The van der Waals surface area contributed by atoms with Crippen LogP contribution < -0.4 is 5.32 Å². The molecule has 3 rings (SSSR count). The maximum atomic E-state index is 12.6. The third-order valence-electron chi connectivity index (χ3n) is 3.94. The number of nitrogens with one attached hydrogen (secondary N) is 1. The van der Waals surface area contributed by atoms with Crippen LogP contribution in [0.3, 0.4) is 0 Å². The predicted octanol–water partition coefficient (Wildman–Crippen LogP) is 5.24. The Morgan fingerprint density at radius 1 is 1.22 bits per heavy atom. The molecule has 1 atom stereocenters. The van der Waals surface area contributed by atoms with Crippen molar-refractivity contribution >= 4 is 35.1 Å². The van der Waals surface area contributed by atoms with Crippen LogP contribution in [0.5, 0.6) is 0 Å². The van der Waals surface area contributed by atoms with E-state index in [1.165, 1.54) is 16.7 Å². The van der Waals surface area contributed by atoms with E-state index in [0.717, 1.165) is 18.0 Å². The van der Waals surface area contributed by atoms with E-state index in [1.54, 1.807) is 12.1 Å². The smallest absolute Gasteiger partial charge is 0.308 e. The molecule has 0 saturated carbocycles. The van der Waals surface area contributed by atoms with E-state index in [9.17, 15) is 4.79 Å². The number of thioether (sulfide) groups is 1. The van der Waals surface area contributed by atoms with Crippen LogP contribution in [-0.4, -0.2) is 23.2 Å². The molecular weight excluding hydrogens is 328 g/mol. The van der Waals surface area contributed by atoms with E-state index in [1.807, 2.05) is 28.8 Å². The van der Waals surface area contributed by atoms with Gasteiger partial charge in [0.25, 0.3) is 0 Å². The number of benzene rings is 2. The zero-order chi connectivity index (χ0) is 16.4. The molecule has 120 valence electrons. The van der Waals surface area contributed by atoms with Gasteiger partial charge in [0.05, 0.1) is 0 Å². The highest BCUT2D eigenvalue weighted by molar-refractivity contribution is 7.99. The molecule has 1 N–H and O–H groups in total. The molecule has 1 saturated heterocycles. The van der Waals surface area contributed by atoms with Crippen LogP contribution in [0.25, 0.3) is 0 Å². The summed E-state index contributed by atoms with van der Waals surface area (Å²) in [6.45, 7) is 4.95. The fourth-order valence-electron chi connectivity index (χ4n) is 2.77. The van der Waals surface area contributed by atoms with Gasteiger partial charge in [-0.25, -0.2) is 4.79 Å². The topological polar surface area (TPSA) is 32.3 Å². The number of hydrogen-bond acceptors (Lipinski definition) is 2. The van der Waals surface area contributed by atoms with Crippen molar-refractivity contribution in [1.29, 1.82) is 0 Å². The minimum Gasteiger partial charge on any atom is -0.308 e. The molecule has 2 amide bonds. The van der Waals surface area contributed by atoms with Crippen LogP contribution in [0.4, 0.5) is 10.5 Å². The molecule has 23 heavy (non-hydrogen) atoms. The quantitative estimate of drug-likeness (QED) is 0.806. The summed E-state index contributed by atoms with van der Waals surface area (Å²) in [6, 6.07) is 13.5. The van der Waals surface area contributed by atoms with Crippen LogP contribution in [0, 0.1) is 13.8 Å². The van der Waals surface area contributed by atoms with Crippen LogP contribution in [0.2, 0.25) is 5.02 Å². The first-order valence-corrected chi connectivity index (χ1v) is 8.99. The van der Waals surface area contributed by atoms with Gasteiger partial charge in [0.2, 0.25) is 0 Å². The van der Waals surface area contributed by atoms with Crippen LogP contribution in [0.15, 0.2) is 42.5 Å². The fraction of sp³-hybridized carbons (Fsp3) is 0.278. The lowest BCUT2D eigenvalue weighted by Gasteiger charge is -2.25. The maximum absolute atomic E-state index is 12.6. The Hall–Kier alpha value is -1.65. The molecule has 1 heterocycles. The minimum atomic E-state index is -0.0673. The lowest BCUT2D eigenvalue weighted by molar-refractivity contribution is 0.214. The Labute approximate surface area is 146 Å². The van der Waals surface area contributed by atoms with E-state index in [2.05, 4.69) is 37.4 Å². The number of carbonyl (C=O) groups is 1. The van der Waals surface area contributed by atoms with Crippen molar-refractivity contribution in [1.82, 2.24) is 4.90 Å². The number of hydrogen-bond donors (Lipinski definition) is 1. The number of halogens is 1. The second kappa shape index (κ2) is 6.85. The number of nitrogens with zero attached hydrogens (tertiary/aromatic N) is 1. The zero-order valence-corrected chi connectivity index (χ0v) is 14.7. The van der Waals surface area contributed by atoms with Crippen molar-refractivity contribution < 1.29 is 4.79 Å². The molecule has 0 radical (unpaired) electrons. The summed E-state index contributed by atoms with van der Waals surface area (Å²) in [4.78, 5) is 14.5. The zero-order valence-electron chi connectivity index (χ0n) is 13.2. The Balaban J connectivity index is 1.78. The molecule has 0 spiro atoms. The van der Waals surface area contributed by atoms with Crippen molar-refractivity contribution in [2.24, 2.45) is 0 Å². The van der Waals surface area contributed by atoms with Gasteiger partial charge in [-0.2, -0.15) is 0 Å². The molecule has 0 unspecified atom stereocenters. The number of carbonyl (C=O) groups excluding carboxylic acids is 1. The lowest BCUT2D eigenvalue weighted by atomic mass is 10.1. The molecule has 1 fully saturated rings. The van der Waals surface area contributed by atoms with Crippen LogP contribution in [0.1, 0.15) is 22.1 Å². The third kappa shape index (κ3) is 3.65. The van der Waals surface area contributed by atoms with E-state index >= 15 is 0 Å². The molecule has 0 bridgehead atoms. The number of urea groups is 1. The summed E-state index contributed by atoms with van der Waals surface area (Å²) in [5.41, 5.74) is 4.44.